The molecule has 0 unspecified atom stereocenters. The van der Waals surface area contributed by atoms with E-state index in [2.05, 4.69) is 0 Å². The van der Waals surface area contributed by atoms with Gasteiger partial charge in [-0.25, -0.2) is 0 Å². The molecule has 1 aliphatic rings. The molecule has 0 amide bonds. The van der Waals surface area contributed by atoms with Crippen molar-refractivity contribution in [3.05, 3.63) is 62.6 Å². The maximum Gasteiger partial charge on any atom is 0.198 e. The Morgan fingerprint density at radius 3 is 2.80 bits per heavy atom. The normalized spacial score (nSPS) is 12.9. The third-order valence-corrected chi connectivity index (χ3v) is 4.15. The standard InChI is InChI=1S/C16H12Cl2O2/c1-9-3-2-4-12(14(9)18)15(19)13-8-11(17)7-10-5-6-20-16(10)13/h2-4,7-8H,5-6H2,1H3. The van der Waals surface area contributed by atoms with Crippen molar-refractivity contribution in [1.29, 1.82) is 0 Å². The second-order valence-electron chi connectivity index (χ2n) is 4.81. The van der Waals surface area contributed by atoms with Crippen LogP contribution in [0.3, 0.4) is 0 Å². The van der Waals surface area contributed by atoms with E-state index in [-0.39, 0.29) is 5.78 Å². The largest absolute Gasteiger partial charge is 0.492 e. The summed E-state index contributed by atoms with van der Waals surface area (Å²) >= 11 is 12.3. The van der Waals surface area contributed by atoms with E-state index in [0.29, 0.717) is 33.5 Å². The summed E-state index contributed by atoms with van der Waals surface area (Å²) in [5.41, 5.74) is 2.81. The average molecular weight is 307 g/mol. The molecule has 1 aliphatic heterocycles. The molecule has 0 saturated carbocycles. The zero-order chi connectivity index (χ0) is 14.3. The first kappa shape index (κ1) is 13.5. The van der Waals surface area contributed by atoms with Crippen LogP contribution < -0.4 is 4.74 Å². The number of halogens is 2. The Labute approximate surface area is 127 Å². The first-order valence-electron chi connectivity index (χ1n) is 6.33. The van der Waals surface area contributed by atoms with Crippen molar-refractivity contribution >= 4 is 29.0 Å². The van der Waals surface area contributed by atoms with E-state index in [1.807, 2.05) is 25.1 Å². The molecule has 3 rings (SSSR count). The first-order valence-corrected chi connectivity index (χ1v) is 7.08. The Hall–Kier alpha value is -1.51. The van der Waals surface area contributed by atoms with E-state index in [9.17, 15) is 4.79 Å². The highest BCUT2D eigenvalue weighted by Crippen LogP contribution is 2.35. The number of fused-ring (bicyclic) bond motifs is 1. The van der Waals surface area contributed by atoms with Gasteiger partial charge >= 0.3 is 0 Å². The fourth-order valence-corrected chi connectivity index (χ4v) is 2.86. The van der Waals surface area contributed by atoms with E-state index >= 15 is 0 Å². The molecule has 2 aromatic carbocycles. The predicted octanol–water partition coefficient (Wildman–Crippen LogP) is 4.47. The highest BCUT2D eigenvalue weighted by molar-refractivity contribution is 6.36. The molecule has 0 N–H and O–H groups in total. The minimum Gasteiger partial charge on any atom is -0.492 e. The topological polar surface area (TPSA) is 26.3 Å². The van der Waals surface area contributed by atoms with Crippen molar-refractivity contribution in [1.82, 2.24) is 0 Å². The van der Waals surface area contributed by atoms with Gasteiger partial charge in [0.05, 0.1) is 17.2 Å². The van der Waals surface area contributed by atoms with Crippen LogP contribution in [0.4, 0.5) is 0 Å². The van der Waals surface area contributed by atoms with Gasteiger partial charge in [-0.1, -0.05) is 35.3 Å². The predicted molar refractivity (Wildman–Crippen MR) is 80.3 cm³/mol. The Morgan fingerprint density at radius 2 is 2.00 bits per heavy atom. The molecule has 2 aromatic rings. The summed E-state index contributed by atoms with van der Waals surface area (Å²) in [5, 5.41) is 1.02. The monoisotopic (exact) mass is 306 g/mol. The van der Waals surface area contributed by atoms with E-state index in [0.717, 1.165) is 17.5 Å². The van der Waals surface area contributed by atoms with E-state index in [1.54, 1.807) is 12.1 Å². The fourth-order valence-electron chi connectivity index (χ4n) is 2.41. The van der Waals surface area contributed by atoms with Crippen LogP contribution in [0.2, 0.25) is 10.0 Å². The van der Waals surface area contributed by atoms with Gasteiger partial charge in [-0.05, 0) is 36.2 Å². The molecule has 2 nitrogen and oxygen atoms in total. The summed E-state index contributed by atoms with van der Waals surface area (Å²) in [7, 11) is 0. The highest BCUT2D eigenvalue weighted by Gasteiger charge is 2.24. The molecule has 4 heteroatoms. The number of benzene rings is 2. The maximum absolute atomic E-state index is 12.7. The Bertz CT molecular complexity index is 708. The van der Waals surface area contributed by atoms with Crippen molar-refractivity contribution < 1.29 is 9.53 Å². The molecule has 1 heterocycles. The summed E-state index contributed by atoms with van der Waals surface area (Å²) in [6.45, 7) is 2.45. The molecule has 0 radical (unpaired) electrons. The van der Waals surface area contributed by atoms with Gasteiger partial charge in [-0.2, -0.15) is 0 Å². The summed E-state index contributed by atoms with van der Waals surface area (Å²) < 4.78 is 5.57. The molecule has 0 bridgehead atoms. The number of hydrogen-bond donors (Lipinski definition) is 0. The van der Waals surface area contributed by atoms with Crippen molar-refractivity contribution in [2.75, 3.05) is 6.61 Å². The summed E-state index contributed by atoms with van der Waals surface area (Å²) in [6, 6.07) is 8.91. The van der Waals surface area contributed by atoms with Crippen molar-refractivity contribution in [3.63, 3.8) is 0 Å². The number of carbonyl (C=O) groups excluding carboxylic acids is 1. The van der Waals surface area contributed by atoms with Gasteiger partial charge in [0.1, 0.15) is 5.75 Å². The molecule has 102 valence electrons. The van der Waals surface area contributed by atoms with Crippen molar-refractivity contribution in [3.8, 4) is 5.75 Å². The maximum atomic E-state index is 12.7. The first-order chi connectivity index (χ1) is 9.58. The number of aryl methyl sites for hydroxylation is 1. The highest BCUT2D eigenvalue weighted by atomic mass is 35.5. The third kappa shape index (κ3) is 2.19. The molecule has 0 aromatic heterocycles. The van der Waals surface area contributed by atoms with Gasteiger partial charge in [0.2, 0.25) is 0 Å². The third-order valence-electron chi connectivity index (χ3n) is 3.43. The van der Waals surface area contributed by atoms with Crippen LogP contribution in [0.5, 0.6) is 5.75 Å². The number of hydrogen-bond acceptors (Lipinski definition) is 2. The fraction of sp³-hybridized carbons (Fsp3) is 0.188. The summed E-state index contributed by atoms with van der Waals surface area (Å²) in [5.74, 6) is 0.483. The zero-order valence-corrected chi connectivity index (χ0v) is 12.4. The lowest BCUT2D eigenvalue weighted by atomic mass is 9.98. The molecule has 20 heavy (non-hydrogen) atoms. The minimum atomic E-state index is -0.153. The lowest BCUT2D eigenvalue weighted by Gasteiger charge is -2.10. The van der Waals surface area contributed by atoms with Crippen molar-refractivity contribution in [2.24, 2.45) is 0 Å². The number of rotatable bonds is 2. The molecule has 0 fully saturated rings. The van der Waals surface area contributed by atoms with Gasteiger partial charge in [-0.15, -0.1) is 0 Å². The van der Waals surface area contributed by atoms with E-state index in [4.69, 9.17) is 27.9 Å². The van der Waals surface area contributed by atoms with Gasteiger partial charge in [0, 0.05) is 17.0 Å². The summed E-state index contributed by atoms with van der Waals surface area (Å²) in [4.78, 5) is 12.7. The van der Waals surface area contributed by atoms with Crippen LogP contribution in [0.25, 0.3) is 0 Å². The summed E-state index contributed by atoms with van der Waals surface area (Å²) in [6.07, 6.45) is 0.776. The molecule has 0 aliphatic carbocycles. The van der Waals surface area contributed by atoms with E-state index in [1.165, 1.54) is 0 Å². The lowest BCUT2D eigenvalue weighted by Crippen LogP contribution is -2.05. The zero-order valence-electron chi connectivity index (χ0n) is 10.9. The van der Waals surface area contributed by atoms with Crippen LogP contribution in [-0.2, 0) is 6.42 Å². The second kappa shape index (κ2) is 5.12. The number of carbonyl (C=O) groups is 1. The quantitative estimate of drug-likeness (QED) is 0.765. The molecule has 0 spiro atoms. The van der Waals surface area contributed by atoms with Crippen LogP contribution >= 0.6 is 23.2 Å². The van der Waals surface area contributed by atoms with Gasteiger partial charge < -0.3 is 4.74 Å². The van der Waals surface area contributed by atoms with Crippen LogP contribution in [0.15, 0.2) is 30.3 Å². The van der Waals surface area contributed by atoms with Crippen molar-refractivity contribution in [2.45, 2.75) is 13.3 Å². The number of ether oxygens (including phenoxy) is 1. The Balaban J connectivity index is 2.14. The Kier molecular flexibility index (Phi) is 3.45. The molecule has 0 saturated heterocycles. The minimum absolute atomic E-state index is 0.153. The number of ketones is 1. The van der Waals surface area contributed by atoms with Crippen LogP contribution in [0.1, 0.15) is 27.0 Å². The van der Waals surface area contributed by atoms with Gasteiger partial charge in [0.15, 0.2) is 5.78 Å². The van der Waals surface area contributed by atoms with Crippen LogP contribution in [0, 0.1) is 6.92 Å². The van der Waals surface area contributed by atoms with E-state index < -0.39 is 0 Å². The van der Waals surface area contributed by atoms with Gasteiger partial charge in [-0.3, -0.25) is 4.79 Å². The molecule has 0 atom stereocenters. The Morgan fingerprint density at radius 1 is 1.20 bits per heavy atom. The molecular formula is C16H12Cl2O2. The average Bonchev–Trinajstić information content (AvgIpc) is 2.88. The smallest absolute Gasteiger partial charge is 0.198 e. The molecular weight excluding hydrogens is 295 g/mol. The second-order valence-corrected chi connectivity index (χ2v) is 5.62. The van der Waals surface area contributed by atoms with Gasteiger partial charge in [0.25, 0.3) is 0 Å². The SMILES string of the molecule is Cc1cccc(C(=O)c2cc(Cl)cc3c2OCC3)c1Cl. The lowest BCUT2D eigenvalue weighted by molar-refractivity contribution is 0.103. The van der Waals surface area contributed by atoms with Crippen LogP contribution in [-0.4, -0.2) is 12.4 Å².